The van der Waals surface area contributed by atoms with Gasteiger partial charge in [0.15, 0.2) is 0 Å². The fourth-order valence-electron chi connectivity index (χ4n) is 3.21. The maximum atomic E-state index is 6.37. The third-order valence-electron chi connectivity index (χ3n) is 5.26. The van der Waals surface area contributed by atoms with Crippen molar-refractivity contribution in [2.45, 2.75) is 60.1 Å². The van der Waals surface area contributed by atoms with Crippen LogP contribution in [0.5, 0.6) is 5.75 Å². The summed E-state index contributed by atoms with van der Waals surface area (Å²) in [6.07, 6.45) is 0. The summed E-state index contributed by atoms with van der Waals surface area (Å²) in [6.45, 7) is 15.5. The van der Waals surface area contributed by atoms with Gasteiger partial charge in [-0.25, -0.2) is 0 Å². The van der Waals surface area contributed by atoms with Crippen LogP contribution in [0.4, 0.5) is 0 Å². The van der Waals surface area contributed by atoms with Crippen LogP contribution in [0.15, 0.2) is 0 Å². The summed E-state index contributed by atoms with van der Waals surface area (Å²) < 4.78 is 6.37. The third-order valence-corrected chi connectivity index (χ3v) is 5.26. The molecule has 2 unspecified atom stereocenters. The number of nitrogens with one attached hydrogen (secondary N) is 1. The van der Waals surface area contributed by atoms with Gasteiger partial charge in [-0.1, -0.05) is 6.92 Å². The molecule has 1 aromatic rings. The van der Waals surface area contributed by atoms with E-state index in [0.29, 0.717) is 12.0 Å². The van der Waals surface area contributed by atoms with Gasteiger partial charge in [0.05, 0.1) is 0 Å². The molecule has 0 bridgehead atoms. The monoisotopic (exact) mass is 261 g/mol. The van der Waals surface area contributed by atoms with E-state index < -0.39 is 0 Å². The van der Waals surface area contributed by atoms with E-state index in [1.54, 1.807) is 0 Å². The summed E-state index contributed by atoms with van der Waals surface area (Å²) in [5.41, 5.74) is 6.64. The van der Waals surface area contributed by atoms with Gasteiger partial charge in [-0.15, -0.1) is 0 Å². The molecule has 2 rings (SSSR count). The van der Waals surface area contributed by atoms with Crippen LogP contribution in [0.3, 0.4) is 0 Å². The number of hydrogen-bond acceptors (Lipinski definition) is 2. The minimum Gasteiger partial charge on any atom is -0.487 e. The maximum Gasteiger partial charge on any atom is 0.128 e. The van der Waals surface area contributed by atoms with Gasteiger partial charge >= 0.3 is 0 Å². The Labute approximate surface area is 117 Å². The zero-order chi connectivity index (χ0) is 14.5. The smallest absolute Gasteiger partial charge is 0.128 e. The average Bonchev–Trinajstić information content (AvgIpc) is 2.36. The molecule has 0 radical (unpaired) electrons. The number of benzene rings is 1. The lowest BCUT2D eigenvalue weighted by Crippen LogP contribution is -2.47. The minimum atomic E-state index is -0.139. The van der Waals surface area contributed by atoms with Crippen LogP contribution < -0.4 is 10.1 Å². The van der Waals surface area contributed by atoms with E-state index >= 15 is 0 Å². The molecule has 0 aliphatic carbocycles. The summed E-state index contributed by atoms with van der Waals surface area (Å²) >= 11 is 0. The Balaban J connectivity index is 2.77. The summed E-state index contributed by atoms with van der Waals surface area (Å²) in [5.74, 6) is 1.54. The van der Waals surface area contributed by atoms with E-state index in [9.17, 15) is 0 Å². The van der Waals surface area contributed by atoms with Crippen molar-refractivity contribution in [3.05, 3.63) is 27.8 Å². The molecule has 2 heteroatoms. The zero-order valence-electron chi connectivity index (χ0n) is 13.6. The quantitative estimate of drug-likeness (QED) is 0.825. The maximum absolute atomic E-state index is 6.37. The molecule has 1 aromatic carbocycles. The fraction of sp³-hybridized carbons (Fsp3) is 0.647. The highest BCUT2D eigenvalue weighted by Crippen LogP contribution is 2.47. The van der Waals surface area contributed by atoms with Crippen molar-refractivity contribution in [2.75, 3.05) is 7.05 Å². The Morgan fingerprint density at radius 2 is 1.47 bits per heavy atom. The van der Waals surface area contributed by atoms with E-state index in [2.05, 4.69) is 60.8 Å². The predicted octanol–water partition coefficient (Wildman–Crippen LogP) is 3.99. The Morgan fingerprint density at radius 1 is 0.947 bits per heavy atom. The molecular weight excluding hydrogens is 234 g/mol. The molecule has 0 fully saturated rings. The van der Waals surface area contributed by atoms with Crippen molar-refractivity contribution in [1.29, 1.82) is 0 Å². The van der Waals surface area contributed by atoms with Crippen LogP contribution >= 0.6 is 0 Å². The molecular formula is C17H27NO. The first-order valence-electron chi connectivity index (χ1n) is 7.18. The highest BCUT2D eigenvalue weighted by Gasteiger charge is 2.42. The Hall–Kier alpha value is -1.02. The standard InChI is InChI=1S/C17H27NO/c1-9-10(2)12(4)16-14(11(9)3)15(18-8)13(5)17(6,7)19-16/h13,15,18H,1-8H3. The molecule has 2 atom stereocenters. The molecule has 1 aliphatic rings. The van der Waals surface area contributed by atoms with Crippen LogP contribution in [-0.4, -0.2) is 12.6 Å². The second-order valence-corrected chi connectivity index (χ2v) is 6.50. The molecule has 1 aliphatic heterocycles. The highest BCUT2D eigenvalue weighted by molar-refractivity contribution is 5.56. The van der Waals surface area contributed by atoms with Crippen molar-refractivity contribution in [3.8, 4) is 5.75 Å². The largest absolute Gasteiger partial charge is 0.487 e. The Morgan fingerprint density at radius 3 is 2.00 bits per heavy atom. The van der Waals surface area contributed by atoms with E-state index in [1.165, 1.54) is 27.8 Å². The van der Waals surface area contributed by atoms with E-state index in [0.717, 1.165) is 5.75 Å². The topological polar surface area (TPSA) is 21.3 Å². The molecule has 1 N–H and O–H groups in total. The number of rotatable bonds is 1. The molecule has 0 aromatic heterocycles. The van der Waals surface area contributed by atoms with Gasteiger partial charge in [0.2, 0.25) is 0 Å². The normalized spacial score (nSPS) is 24.8. The van der Waals surface area contributed by atoms with Gasteiger partial charge in [0, 0.05) is 17.5 Å². The van der Waals surface area contributed by atoms with Crippen LogP contribution in [0.2, 0.25) is 0 Å². The lowest BCUT2D eigenvalue weighted by atomic mass is 9.76. The van der Waals surface area contributed by atoms with Crippen molar-refractivity contribution >= 4 is 0 Å². The van der Waals surface area contributed by atoms with Crippen molar-refractivity contribution in [3.63, 3.8) is 0 Å². The van der Waals surface area contributed by atoms with Crippen LogP contribution in [0.1, 0.15) is 54.6 Å². The van der Waals surface area contributed by atoms with E-state index in [4.69, 9.17) is 4.74 Å². The van der Waals surface area contributed by atoms with Crippen molar-refractivity contribution in [2.24, 2.45) is 5.92 Å². The first-order chi connectivity index (χ1) is 8.72. The number of fused-ring (bicyclic) bond motifs is 1. The zero-order valence-corrected chi connectivity index (χ0v) is 13.6. The van der Waals surface area contributed by atoms with Crippen LogP contribution in [-0.2, 0) is 0 Å². The second-order valence-electron chi connectivity index (χ2n) is 6.50. The minimum absolute atomic E-state index is 0.139. The molecule has 0 spiro atoms. The number of ether oxygens (including phenoxy) is 1. The molecule has 0 saturated heterocycles. The first kappa shape index (κ1) is 14.4. The van der Waals surface area contributed by atoms with Crippen LogP contribution in [0, 0.1) is 33.6 Å². The van der Waals surface area contributed by atoms with Gasteiger partial charge in [-0.2, -0.15) is 0 Å². The van der Waals surface area contributed by atoms with Crippen molar-refractivity contribution in [1.82, 2.24) is 5.32 Å². The fourth-order valence-corrected chi connectivity index (χ4v) is 3.21. The van der Waals surface area contributed by atoms with Gasteiger partial charge in [-0.05, 0) is 70.8 Å². The molecule has 2 nitrogen and oxygen atoms in total. The van der Waals surface area contributed by atoms with E-state index in [1.807, 2.05) is 0 Å². The first-order valence-corrected chi connectivity index (χ1v) is 7.18. The Kier molecular flexibility index (Phi) is 3.42. The predicted molar refractivity (Wildman–Crippen MR) is 81.1 cm³/mol. The van der Waals surface area contributed by atoms with Gasteiger partial charge in [0.25, 0.3) is 0 Å². The lowest BCUT2D eigenvalue weighted by Gasteiger charge is -2.45. The molecule has 1 heterocycles. The number of hydrogen-bond donors (Lipinski definition) is 1. The average molecular weight is 261 g/mol. The van der Waals surface area contributed by atoms with E-state index in [-0.39, 0.29) is 5.60 Å². The summed E-state index contributed by atoms with van der Waals surface area (Å²) in [6, 6.07) is 0.358. The summed E-state index contributed by atoms with van der Waals surface area (Å²) in [5, 5.41) is 3.50. The van der Waals surface area contributed by atoms with Crippen LogP contribution in [0.25, 0.3) is 0 Å². The van der Waals surface area contributed by atoms with Gasteiger partial charge < -0.3 is 10.1 Å². The lowest BCUT2D eigenvalue weighted by molar-refractivity contribution is 0.0124. The van der Waals surface area contributed by atoms with Crippen molar-refractivity contribution < 1.29 is 4.74 Å². The summed E-state index contributed by atoms with van der Waals surface area (Å²) in [4.78, 5) is 0. The molecule has 0 amide bonds. The molecule has 0 saturated carbocycles. The molecule has 106 valence electrons. The van der Waals surface area contributed by atoms with Gasteiger partial charge in [0.1, 0.15) is 11.4 Å². The molecule has 19 heavy (non-hydrogen) atoms. The highest BCUT2D eigenvalue weighted by atomic mass is 16.5. The summed E-state index contributed by atoms with van der Waals surface area (Å²) in [7, 11) is 2.05. The second kappa shape index (κ2) is 4.52. The Bertz CT molecular complexity index is 517. The SMILES string of the molecule is CNC1c2c(C)c(C)c(C)c(C)c2OC(C)(C)C1C. The van der Waals surface area contributed by atoms with Gasteiger partial charge in [-0.3, -0.25) is 0 Å². The third kappa shape index (κ3) is 1.97.